The molecule has 0 rings (SSSR count). The highest BCUT2D eigenvalue weighted by Gasteiger charge is 2.06. The van der Waals surface area contributed by atoms with Gasteiger partial charge in [0.1, 0.15) is 0 Å². The Kier molecular flexibility index (Phi) is 9.70. The van der Waals surface area contributed by atoms with E-state index in [2.05, 4.69) is 39.2 Å². The van der Waals surface area contributed by atoms with Crippen LogP contribution in [0.15, 0.2) is 12.7 Å². The van der Waals surface area contributed by atoms with Gasteiger partial charge in [-0.1, -0.05) is 26.8 Å². The zero-order valence-corrected chi connectivity index (χ0v) is 9.20. The summed E-state index contributed by atoms with van der Waals surface area (Å²) in [4.78, 5) is 0. The van der Waals surface area contributed by atoms with Gasteiger partial charge in [-0.2, -0.15) is 0 Å². The molecule has 0 spiro atoms. The van der Waals surface area contributed by atoms with Crippen molar-refractivity contribution in [3.8, 4) is 11.8 Å². The summed E-state index contributed by atoms with van der Waals surface area (Å²) in [5, 5.41) is 0. The van der Waals surface area contributed by atoms with Crippen molar-refractivity contribution in [2.75, 3.05) is 0 Å². The fraction of sp³-hybridized carbons (Fsp3) is 0.667. The maximum Gasteiger partial charge on any atom is 0 e. The summed E-state index contributed by atoms with van der Waals surface area (Å²) in [6.45, 7) is 14.0. The van der Waals surface area contributed by atoms with Gasteiger partial charge in [0.2, 0.25) is 0 Å². The fourth-order valence-corrected chi connectivity index (χ4v) is 0.535. The summed E-state index contributed by atoms with van der Waals surface area (Å²) in [5.41, 5.74) is 0.480. The Labute approximate surface area is 79.6 Å². The largest absolute Gasteiger partial charge is 0.107 e. The van der Waals surface area contributed by atoms with Crippen LogP contribution in [0, 0.1) is 17.3 Å². The molecule has 0 unspecified atom stereocenters. The highest BCUT2D eigenvalue weighted by atomic mass is 14.1. The third kappa shape index (κ3) is 22.8. The minimum absolute atomic E-state index is 0. The van der Waals surface area contributed by atoms with Crippen LogP contribution in [-0.2, 0) is 0 Å². The molecular formula is C12H24. The summed E-state index contributed by atoms with van der Waals surface area (Å²) in [5.74, 6) is 5.36. The summed E-state index contributed by atoms with van der Waals surface area (Å²) >= 11 is 0. The molecule has 0 heteroatoms. The lowest BCUT2D eigenvalue weighted by Gasteiger charge is -2.15. The minimum atomic E-state index is 0. The lowest BCUT2D eigenvalue weighted by molar-refractivity contribution is 0.381. The minimum Gasteiger partial charge on any atom is -0.107 e. The standard InChI is InChI=1S/C8H16.C4H6.H2/c1-5-6-7-8(2,3)4;1-3-4-2;/h5H,1,6-7H2,2-4H3;1-2H3;1H. The molecule has 0 heterocycles. The summed E-state index contributed by atoms with van der Waals surface area (Å²) in [6.07, 6.45) is 4.37. The molecule has 0 amide bonds. The average Bonchev–Trinajstić information content (AvgIpc) is 2.00. The molecule has 0 fully saturated rings. The average molecular weight is 168 g/mol. The summed E-state index contributed by atoms with van der Waals surface area (Å²) in [7, 11) is 0. The van der Waals surface area contributed by atoms with Gasteiger partial charge < -0.3 is 0 Å². The van der Waals surface area contributed by atoms with E-state index in [0.717, 1.165) is 6.42 Å². The second kappa shape index (κ2) is 8.40. The van der Waals surface area contributed by atoms with Crippen molar-refractivity contribution in [1.82, 2.24) is 0 Å². The van der Waals surface area contributed by atoms with Gasteiger partial charge >= 0.3 is 0 Å². The predicted molar refractivity (Wildman–Crippen MR) is 60.1 cm³/mol. The lowest BCUT2D eigenvalue weighted by Crippen LogP contribution is -2.02. The van der Waals surface area contributed by atoms with Crippen molar-refractivity contribution >= 4 is 0 Å². The molecule has 0 bridgehead atoms. The van der Waals surface area contributed by atoms with E-state index >= 15 is 0 Å². The van der Waals surface area contributed by atoms with E-state index in [1.165, 1.54) is 6.42 Å². The Morgan fingerprint density at radius 2 is 1.67 bits per heavy atom. The highest BCUT2D eigenvalue weighted by molar-refractivity contribution is 4.89. The normalized spacial score (nSPS) is 8.75. The Bertz CT molecular complexity index is 146. The molecule has 0 saturated carbocycles. The maximum atomic E-state index is 3.66. The molecule has 0 aliphatic heterocycles. The van der Waals surface area contributed by atoms with Crippen molar-refractivity contribution in [2.24, 2.45) is 5.41 Å². The fourth-order valence-electron chi connectivity index (χ4n) is 0.535. The van der Waals surface area contributed by atoms with Gasteiger partial charge in [0.15, 0.2) is 0 Å². The van der Waals surface area contributed by atoms with Gasteiger partial charge in [-0.15, -0.1) is 18.4 Å². The molecule has 0 aromatic rings. The van der Waals surface area contributed by atoms with Gasteiger partial charge in [-0.25, -0.2) is 0 Å². The first-order valence-electron chi connectivity index (χ1n) is 4.42. The molecule has 0 aliphatic carbocycles. The first-order valence-corrected chi connectivity index (χ1v) is 4.42. The van der Waals surface area contributed by atoms with E-state index in [1.54, 1.807) is 0 Å². The van der Waals surface area contributed by atoms with Crippen LogP contribution in [0.1, 0.15) is 48.9 Å². The first kappa shape index (κ1) is 13.9. The van der Waals surface area contributed by atoms with Gasteiger partial charge in [-0.3, -0.25) is 0 Å². The second-order valence-electron chi connectivity index (χ2n) is 3.89. The summed E-state index contributed by atoms with van der Waals surface area (Å²) in [6, 6.07) is 0. The molecule has 0 aromatic heterocycles. The van der Waals surface area contributed by atoms with Crippen LogP contribution in [0.5, 0.6) is 0 Å². The van der Waals surface area contributed by atoms with Crippen molar-refractivity contribution in [3.05, 3.63) is 12.7 Å². The SMILES string of the molecule is C=CCCC(C)(C)C.CC#CC.[HH]. The van der Waals surface area contributed by atoms with Gasteiger partial charge in [0.25, 0.3) is 0 Å². The molecule has 12 heavy (non-hydrogen) atoms. The molecule has 0 nitrogen and oxygen atoms in total. The molecule has 0 radical (unpaired) electrons. The van der Waals surface area contributed by atoms with Crippen molar-refractivity contribution < 1.29 is 1.43 Å². The summed E-state index contributed by atoms with van der Waals surface area (Å²) < 4.78 is 0. The van der Waals surface area contributed by atoms with Crippen molar-refractivity contribution in [2.45, 2.75) is 47.5 Å². The number of hydrogen-bond donors (Lipinski definition) is 0. The van der Waals surface area contributed by atoms with Crippen molar-refractivity contribution in [3.63, 3.8) is 0 Å². The van der Waals surface area contributed by atoms with E-state index in [-0.39, 0.29) is 1.43 Å². The Hall–Kier alpha value is -0.700. The smallest absolute Gasteiger partial charge is 0 e. The van der Waals surface area contributed by atoms with Gasteiger partial charge in [0, 0.05) is 1.43 Å². The van der Waals surface area contributed by atoms with E-state index in [4.69, 9.17) is 0 Å². The van der Waals surface area contributed by atoms with Gasteiger partial charge in [-0.05, 0) is 32.1 Å². The van der Waals surface area contributed by atoms with Crippen LogP contribution in [-0.4, -0.2) is 0 Å². The van der Waals surface area contributed by atoms with Crippen LogP contribution < -0.4 is 0 Å². The maximum absolute atomic E-state index is 3.66. The zero-order valence-electron chi connectivity index (χ0n) is 9.20. The van der Waals surface area contributed by atoms with E-state index < -0.39 is 0 Å². The molecule has 72 valence electrons. The van der Waals surface area contributed by atoms with Crippen LogP contribution in [0.3, 0.4) is 0 Å². The van der Waals surface area contributed by atoms with Crippen LogP contribution in [0.4, 0.5) is 0 Å². The Balaban J connectivity index is -0.000000173. The Morgan fingerprint density at radius 3 is 1.75 bits per heavy atom. The molecular weight excluding hydrogens is 144 g/mol. The zero-order chi connectivity index (χ0) is 10.0. The lowest BCUT2D eigenvalue weighted by atomic mass is 9.91. The Morgan fingerprint density at radius 1 is 1.25 bits per heavy atom. The van der Waals surface area contributed by atoms with Crippen LogP contribution >= 0.6 is 0 Å². The third-order valence-corrected chi connectivity index (χ3v) is 1.35. The van der Waals surface area contributed by atoms with Crippen molar-refractivity contribution in [1.29, 1.82) is 0 Å². The quantitative estimate of drug-likeness (QED) is 0.426. The first-order chi connectivity index (χ1) is 5.47. The molecule has 0 aliphatic rings. The monoisotopic (exact) mass is 168 g/mol. The number of hydrogen-bond acceptors (Lipinski definition) is 0. The topological polar surface area (TPSA) is 0 Å². The van der Waals surface area contributed by atoms with Gasteiger partial charge in [0.05, 0.1) is 0 Å². The second-order valence-corrected chi connectivity index (χ2v) is 3.89. The van der Waals surface area contributed by atoms with Crippen LogP contribution in [0.2, 0.25) is 0 Å². The number of rotatable bonds is 2. The molecule has 0 atom stereocenters. The molecule has 0 saturated heterocycles. The number of allylic oxidation sites excluding steroid dienone is 1. The highest BCUT2D eigenvalue weighted by Crippen LogP contribution is 2.20. The molecule has 0 N–H and O–H groups in total. The predicted octanol–water partition coefficient (Wildman–Crippen LogP) is 4.27. The molecule has 0 aromatic carbocycles. The van der Waals surface area contributed by atoms with E-state index in [1.807, 2.05) is 19.9 Å². The third-order valence-electron chi connectivity index (χ3n) is 1.35. The van der Waals surface area contributed by atoms with E-state index in [9.17, 15) is 0 Å². The van der Waals surface area contributed by atoms with E-state index in [0.29, 0.717) is 5.41 Å². The van der Waals surface area contributed by atoms with Crippen LogP contribution in [0.25, 0.3) is 0 Å².